The summed E-state index contributed by atoms with van der Waals surface area (Å²) < 4.78 is 1.55. The van der Waals surface area contributed by atoms with Crippen LogP contribution in [-0.4, -0.2) is 26.9 Å². The van der Waals surface area contributed by atoms with Gasteiger partial charge in [-0.3, -0.25) is 14.9 Å². The molecule has 1 aromatic heterocycles. The fraction of sp³-hybridized carbons (Fsp3) is 0.0588. The summed E-state index contributed by atoms with van der Waals surface area (Å²) in [6.45, 7) is 0. The van der Waals surface area contributed by atoms with Crippen molar-refractivity contribution in [2.24, 2.45) is 5.73 Å². The SMILES string of the molecule is CSc1ccc(-c2cc(C(N)=O)nn2-c2ccc([N+](=O)[O-])cc2)cc1. The molecule has 3 rings (SSSR count). The number of primary amides is 1. The third-order valence-electron chi connectivity index (χ3n) is 3.65. The summed E-state index contributed by atoms with van der Waals surface area (Å²) in [6.07, 6.45) is 1.99. The van der Waals surface area contributed by atoms with Gasteiger partial charge in [-0.05, 0) is 36.6 Å². The zero-order valence-corrected chi connectivity index (χ0v) is 14.1. The molecule has 0 saturated carbocycles. The number of rotatable bonds is 5. The Bertz CT molecular complexity index is 934. The molecule has 0 radical (unpaired) electrons. The molecule has 1 amide bonds. The second kappa shape index (κ2) is 6.78. The normalized spacial score (nSPS) is 10.6. The summed E-state index contributed by atoms with van der Waals surface area (Å²) in [5, 5.41) is 15.1. The van der Waals surface area contributed by atoms with Crippen molar-refractivity contribution in [2.45, 2.75) is 4.90 Å². The van der Waals surface area contributed by atoms with Gasteiger partial charge in [-0.2, -0.15) is 5.10 Å². The van der Waals surface area contributed by atoms with Gasteiger partial charge in [0.1, 0.15) is 0 Å². The van der Waals surface area contributed by atoms with Crippen LogP contribution in [-0.2, 0) is 0 Å². The molecule has 0 spiro atoms. The highest BCUT2D eigenvalue weighted by molar-refractivity contribution is 7.98. The van der Waals surface area contributed by atoms with E-state index >= 15 is 0 Å². The average molecular weight is 354 g/mol. The van der Waals surface area contributed by atoms with Crippen LogP contribution in [0.2, 0.25) is 0 Å². The van der Waals surface area contributed by atoms with Crippen LogP contribution in [0.15, 0.2) is 59.5 Å². The van der Waals surface area contributed by atoms with Crippen LogP contribution in [0.1, 0.15) is 10.5 Å². The molecule has 0 bridgehead atoms. The smallest absolute Gasteiger partial charge is 0.269 e. The lowest BCUT2D eigenvalue weighted by Crippen LogP contribution is -2.12. The standard InChI is InChI=1S/C17H14N4O3S/c1-25-14-8-2-11(3-9-14)16-10-15(17(18)22)19-20(16)12-4-6-13(7-5-12)21(23)24/h2-10H,1H3,(H2,18,22). The summed E-state index contributed by atoms with van der Waals surface area (Å²) in [4.78, 5) is 23.0. The zero-order valence-electron chi connectivity index (χ0n) is 13.2. The Morgan fingerprint density at radius 1 is 1.16 bits per heavy atom. The quantitative estimate of drug-likeness (QED) is 0.430. The molecule has 8 heteroatoms. The lowest BCUT2D eigenvalue weighted by atomic mass is 10.1. The van der Waals surface area contributed by atoms with Gasteiger partial charge < -0.3 is 5.73 Å². The average Bonchev–Trinajstić information content (AvgIpc) is 3.07. The van der Waals surface area contributed by atoms with Crippen LogP contribution >= 0.6 is 11.8 Å². The number of nitrogens with zero attached hydrogens (tertiary/aromatic N) is 3. The van der Waals surface area contributed by atoms with Gasteiger partial charge in [-0.1, -0.05) is 12.1 Å². The minimum atomic E-state index is -0.636. The highest BCUT2D eigenvalue weighted by atomic mass is 32.2. The predicted octanol–water partition coefficient (Wildman–Crippen LogP) is 3.27. The van der Waals surface area contributed by atoms with Crippen LogP contribution in [0.25, 0.3) is 16.9 Å². The van der Waals surface area contributed by atoms with Crippen LogP contribution < -0.4 is 5.73 Å². The monoisotopic (exact) mass is 354 g/mol. The Morgan fingerprint density at radius 3 is 2.32 bits per heavy atom. The van der Waals surface area contributed by atoms with Gasteiger partial charge in [0.05, 0.1) is 16.3 Å². The third kappa shape index (κ3) is 3.38. The summed E-state index contributed by atoms with van der Waals surface area (Å²) in [5.74, 6) is -0.636. The minimum absolute atomic E-state index is 0.0168. The fourth-order valence-electron chi connectivity index (χ4n) is 2.38. The first-order valence-corrected chi connectivity index (χ1v) is 8.51. The van der Waals surface area contributed by atoms with Crippen molar-refractivity contribution in [3.63, 3.8) is 0 Å². The number of nitro benzene ring substituents is 1. The van der Waals surface area contributed by atoms with Gasteiger partial charge in [0.25, 0.3) is 11.6 Å². The maximum absolute atomic E-state index is 11.5. The fourth-order valence-corrected chi connectivity index (χ4v) is 2.79. The largest absolute Gasteiger partial charge is 0.364 e. The third-order valence-corrected chi connectivity index (χ3v) is 4.40. The van der Waals surface area contributed by atoms with Crippen molar-refractivity contribution < 1.29 is 9.72 Å². The molecule has 2 N–H and O–H groups in total. The second-order valence-electron chi connectivity index (χ2n) is 5.19. The number of thioether (sulfide) groups is 1. The van der Waals surface area contributed by atoms with Gasteiger partial charge in [0, 0.05) is 22.6 Å². The van der Waals surface area contributed by atoms with Crippen molar-refractivity contribution >= 4 is 23.4 Å². The zero-order chi connectivity index (χ0) is 18.0. The Kier molecular flexibility index (Phi) is 4.53. The van der Waals surface area contributed by atoms with E-state index in [4.69, 9.17) is 5.73 Å². The molecule has 0 aliphatic heterocycles. The van der Waals surface area contributed by atoms with E-state index in [1.807, 2.05) is 30.5 Å². The van der Waals surface area contributed by atoms with E-state index in [1.165, 1.54) is 12.1 Å². The summed E-state index contributed by atoms with van der Waals surface area (Å²) in [6, 6.07) is 15.3. The van der Waals surface area contributed by atoms with Gasteiger partial charge >= 0.3 is 0 Å². The topological polar surface area (TPSA) is 104 Å². The van der Waals surface area contributed by atoms with Gasteiger partial charge in [0.15, 0.2) is 5.69 Å². The predicted molar refractivity (Wildman–Crippen MR) is 96.0 cm³/mol. The number of benzene rings is 2. The molecular formula is C17H14N4O3S. The Balaban J connectivity index is 2.11. The summed E-state index contributed by atoms with van der Waals surface area (Å²) in [5.41, 5.74) is 7.60. The molecule has 0 aliphatic rings. The van der Waals surface area contributed by atoms with E-state index in [0.717, 1.165) is 10.5 Å². The lowest BCUT2D eigenvalue weighted by Gasteiger charge is -2.08. The van der Waals surface area contributed by atoms with E-state index in [2.05, 4.69) is 5.10 Å². The maximum Gasteiger partial charge on any atom is 0.269 e. The summed E-state index contributed by atoms with van der Waals surface area (Å²) in [7, 11) is 0. The first-order chi connectivity index (χ1) is 12.0. The Hall–Kier alpha value is -3.13. The van der Waals surface area contributed by atoms with Crippen LogP contribution in [0.5, 0.6) is 0 Å². The number of hydrogen-bond donors (Lipinski definition) is 1. The molecule has 0 fully saturated rings. The number of carbonyl (C=O) groups excluding carboxylic acids is 1. The molecule has 0 unspecified atom stereocenters. The van der Waals surface area contributed by atoms with Crippen LogP contribution in [0.3, 0.4) is 0 Å². The highest BCUT2D eigenvalue weighted by Gasteiger charge is 2.15. The maximum atomic E-state index is 11.5. The number of nitro groups is 1. The number of amides is 1. The molecule has 126 valence electrons. The first-order valence-electron chi connectivity index (χ1n) is 7.28. The second-order valence-corrected chi connectivity index (χ2v) is 6.07. The number of nitrogens with two attached hydrogens (primary N) is 1. The van der Waals surface area contributed by atoms with Crippen molar-refractivity contribution in [1.82, 2.24) is 9.78 Å². The molecule has 3 aromatic rings. The molecule has 0 aliphatic carbocycles. The minimum Gasteiger partial charge on any atom is -0.364 e. The van der Waals surface area contributed by atoms with E-state index < -0.39 is 10.8 Å². The number of aromatic nitrogens is 2. The van der Waals surface area contributed by atoms with Crippen molar-refractivity contribution in [2.75, 3.05) is 6.26 Å². The number of carbonyl (C=O) groups is 1. The molecule has 0 saturated heterocycles. The van der Waals surface area contributed by atoms with E-state index in [9.17, 15) is 14.9 Å². The Labute approximate surface area is 147 Å². The van der Waals surface area contributed by atoms with E-state index in [-0.39, 0.29) is 11.4 Å². The van der Waals surface area contributed by atoms with Crippen molar-refractivity contribution in [1.29, 1.82) is 0 Å². The molecular weight excluding hydrogens is 340 g/mol. The Morgan fingerprint density at radius 2 is 1.80 bits per heavy atom. The van der Waals surface area contributed by atoms with Crippen molar-refractivity contribution in [3.05, 3.63) is 70.4 Å². The van der Waals surface area contributed by atoms with Gasteiger partial charge in [-0.15, -0.1) is 11.8 Å². The molecule has 25 heavy (non-hydrogen) atoms. The molecule has 1 heterocycles. The number of hydrogen-bond acceptors (Lipinski definition) is 5. The summed E-state index contributed by atoms with van der Waals surface area (Å²) >= 11 is 1.63. The molecule has 7 nitrogen and oxygen atoms in total. The van der Waals surface area contributed by atoms with Crippen LogP contribution in [0, 0.1) is 10.1 Å². The molecule has 0 atom stereocenters. The highest BCUT2D eigenvalue weighted by Crippen LogP contribution is 2.27. The van der Waals surface area contributed by atoms with E-state index in [0.29, 0.717) is 11.4 Å². The lowest BCUT2D eigenvalue weighted by molar-refractivity contribution is -0.384. The number of non-ortho nitro benzene ring substituents is 1. The van der Waals surface area contributed by atoms with Gasteiger partial charge in [-0.25, -0.2) is 4.68 Å². The first kappa shape index (κ1) is 16.7. The van der Waals surface area contributed by atoms with E-state index in [1.54, 1.807) is 34.6 Å². The molecule has 2 aromatic carbocycles. The van der Waals surface area contributed by atoms with Crippen LogP contribution in [0.4, 0.5) is 5.69 Å². The van der Waals surface area contributed by atoms with Crippen molar-refractivity contribution in [3.8, 4) is 16.9 Å². The van der Waals surface area contributed by atoms with Gasteiger partial charge in [0.2, 0.25) is 0 Å².